The molecule has 0 aromatic heterocycles. The largest absolute Gasteiger partial charge is 0.387 e. The summed E-state index contributed by atoms with van der Waals surface area (Å²) in [6.07, 6.45) is 1.86. The first kappa shape index (κ1) is 15.5. The molecular weight excluding hydrogens is 264 g/mol. The highest BCUT2D eigenvalue weighted by molar-refractivity contribution is 7.98. The molecule has 1 aromatic rings. The molecule has 19 heavy (non-hydrogen) atoms. The van der Waals surface area contributed by atoms with Crippen molar-refractivity contribution in [1.82, 2.24) is 5.32 Å². The number of thioether (sulfide) groups is 1. The fraction of sp³-hybridized carbons (Fsp3) is 0.385. The molecule has 3 N–H and O–H groups in total. The molecule has 2 amide bonds. The molecule has 1 atom stereocenters. The van der Waals surface area contributed by atoms with Gasteiger partial charge in [0.25, 0.3) is 0 Å². The minimum absolute atomic E-state index is 0.0366. The van der Waals surface area contributed by atoms with Gasteiger partial charge < -0.3 is 15.7 Å². The average molecular weight is 282 g/mol. The highest BCUT2D eigenvalue weighted by Crippen LogP contribution is 2.09. The molecule has 0 bridgehead atoms. The van der Waals surface area contributed by atoms with Gasteiger partial charge in [-0.3, -0.25) is 9.59 Å². The van der Waals surface area contributed by atoms with Crippen LogP contribution in [0.3, 0.4) is 0 Å². The third-order valence-corrected chi connectivity index (χ3v) is 3.23. The fourth-order valence-electron chi connectivity index (χ4n) is 1.42. The number of amides is 2. The third kappa shape index (κ3) is 5.76. The maximum absolute atomic E-state index is 11.6. The summed E-state index contributed by atoms with van der Waals surface area (Å²) in [5.41, 5.74) is -0.472. The van der Waals surface area contributed by atoms with Gasteiger partial charge in [-0.2, -0.15) is 11.8 Å². The SMILES string of the molecule is CSCC(C)(O)CNC(=O)C(=O)Nc1ccccc1. The number of hydrogen-bond acceptors (Lipinski definition) is 4. The smallest absolute Gasteiger partial charge is 0.313 e. The van der Waals surface area contributed by atoms with E-state index < -0.39 is 17.4 Å². The van der Waals surface area contributed by atoms with Crippen LogP contribution in [0.15, 0.2) is 30.3 Å². The van der Waals surface area contributed by atoms with Gasteiger partial charge in [0.05, 0.1) is 5.60 Å². The summed E-state index contributed by atoms with van der Waals surface area (Å²) in [6.45, 7) is 1.65. The van der Waals surface area contributed by atoms with E-state index in [9.17, 15) is 14.7 Å². The van der Waals surface area contributed by atoms with Crippen molar-refractivity contribution in [2.24, 2.45) is 0 Å². The van der Waals surface area contributed by atoms with Crippen molar-refractivity contribution in [3.63, 3.8) is 0 Å². The van der Waals surface area contributed by atoms with E-state index in [4.69, 9.17) is 0 Å². The molecule has 0 heterocycles. The van der Waals surface area contributed by atoms with Crippen LogP contribution in [-0.2, 0) is 9.59 Å². The summed E-state index contributed by atoms with van der Waals surface area (Å²) in [7, 11) is 0. The van der Waals surface area contributed by atoms with Gasteiger partial charge in [-0.05, 0) is 25.3 Å². The van der Waals surface area contributed by atoms with E-state index in [1.54, 1.807) is 31.2 Å². The van der Waals surface area contributed by atoms with Crippen molar-refractivity contribution in [2.45, 2.75) is 12.5 Å². The first-order chi connectivity index (χ1) is 8.94. The predicted octanol–water partition coefficient (Wildman–Crippen LogP) is 0.855. The molecule has 104 valence electrons. The van der Waals surface area contributed by atoms with Crippen LogP contribution in [0.25, 0.3) is 0 Å². The van der Waals surface area contributed by atoms with Crippen LogP contribution in [0.4, 0.5) is 5.69 Å². The summed E-state index contributed by atoms with van der Waals surface area (Å²) < 4.78 is 0. The van der Waals surface area contributed by atoms with Gasteiger partial charge in [-0.15, -0.1) is 0 Å². The quantitative estimate of drug-likeness (QED) is 0.700. The lowest BCUT2D eigenvalue weighted by Crippen LogP contribution is -2.45. The van der Waals surface area contributed by atoms with E-state index in [2.05, 4.69) is 10.6 Å². The Morgan fingerprint density at radius 1 is 1.26 bits per heavy atom. The topological polar surface area (TPSA) is 78.4 Å². The number of benzene rings is 1. The second-order valence-corrected chi connectivity index (χ2v) is 5.30. The summed E-state index contributed by atoms with van der Waals surface area (Å²) in [5.74, 6) is -1.02. The molecule has 0 aliphatic carbocycles. The number of carbonyl (C=O) groups is 2. The Morgan fingerprint density at radius 3 is 2.47 bits per heavy atom. The number of aliphatic hydroxyl groups is 1. The molecular formula is C13H18N2O3S. The van der Waals surface area contributed by atoms with Gasteiger partial charge in [0.1, 0.15) is 0 Å². The predicted molar refractivity (Wildman–Crippen MR) is 77.1 cm³/mol. The number of carbonyl (C=O) groups excluding carboxylic acids is 2. The molecule has 0 fully saturated rings. The van der Waals surface area contributed by atoms with E-state index in [0.717, 1.165) is 0 Å². The molecule has 0 spiro atoms. The first-order valence-corrected chi connectivity index (χ1v) is 7.19. The van der Waals surface area contributed by atoms with E-state index in [1.807, 2.05) is 12.3 Å². The van der Waals surface area contributed by atoms with Gasteiger partial charge in [0.15, 0.2) is 0 Å². The normalized spacial score (nSPS) is 13.4. The van der Waals surface area contributed by atoms with Gasteiger partial charge in [0, 0.05) is 18.0 Å². The number of anilines is 1. The van der Waals surface area contributed by atoms with Gasteiger partial charge in [-0.1, -0.05) is 18.2 Å². The van der Waals surface area contributed by atoms with Crippen LogP contribution in [0.2, 0.25) is 0 Å². The lowest BCUT2D eigenvalue weighted by Gasteiger charge is -2.22. The van der Waals surface area contributed by atoms with Gasteiger partial charge >= 0.3 is 11.8 Å². The van der Waals surface area contributed by atoms with E-state index >= 15 is 0 Å². The number of hydrogen-bond donors (Lipinski definition) is 3. The van der Waals surface area contributed by atoms with Crippen molar-refractivity contribution in [3.05, 3.63) is 30.3 Å². The average Bonchev–Trinajstić information content (AvgIpc) is 2.37. The molecule has 0 aliphatic heterocycles. The Balaban J connectivity index is 2.44. The van der Waals surface area contributed by atoms with Crippen molar-refractivity contribution in [2.75, 3.05) is 23.9 Å². The van der Waals surface area contributed by atoms with E-state index in [1.165, 1.54) is 11.8 Å². The first-order valence-electron chi connectivity index (χ1n) is 5.80. The van der Waals surface area contributed by atoms with Crippen LogP contribution in [-0.4, -0.2) is 41.1 Å². The fourth-order valence-corrected chi connectivity index (χ4v) is 2.15. The maximum atomic E-state index is 11.6. The van der Waals surface area contributed by atoms with Crippen LogP contribution in [0, 0.1) is 0 Å². The standard InChI is InChI=1S/C13H18N2O3S/c1-13(18,9-19-2)8-14-11(16)12(17)15-10-6-4-3-5-7-10/h3-7,18H,8-9H2,1-2H3,(H,14,16)(H,15,17). The minimum Gasteiger partial charge on any atom is -0.387 e. The summed E-state index contributed by atoms with van der Waals surface area (Å²) in [4.78, 5) is 23.1. The monoisotopic (exact) mass is 282 g/mol. The summed E-state index contributed by atoms with van der Waals surface area (Å²) in [5, 5.41) is 14.8. The Morgan fingerprint density at radius 2 is 1.89 bits per heavy atom. The van der Waals surface area contributed by atoms with Crippen molar-refractivity contribution in [3.8, 4) is 0 Å². The minimum atomic E-state index is -1.03. The highest BCUT2D eigenvalue weighted by Gasteiger charge is 2.22. The number of para-hydroxylation sites is 1. The van der Waals surface area contributed by atoms with Crippen LogP contribution in [0.5, 0.6) is 0 Å². The van der Waals surface area contributed by atoms with Crippen LogP contribution >= 0.6 is 11.8 Å². The van der Waals surface area contributed by atoms with Gasteiger partial charge in [0.2, 0.25) is 0 Å². The Kier molecular flexibility index (Phi) is 5.85. The van der Waals surface area contributed by atoms with E-state index in [-0.39, 0.29) is 6.54 Å². The molecule has 6 heteroatoms. The number of nitrogens with one attached hydrogen (secondary N) is 2. The Labute approximate surface area is 116 Å². The summed E-state index contributed by atoms with van der Waals surface area (Å²) >= 11 is 1.47. The van der Waals surface area contributed by atoms with Crippen molar-refractivity contribution in [1.29, 1.82) is 0 Å². The highest BCUT2D eigenvalue weighted by atomic mass is 32.2. The Bertz CT molecular complexity index is 435. The van der Waals surface area contributed by atoms with Crippen LogP contribution < -0.4 is 10.6 Å². The Hall–Kier alpha value is -1.53. The lowest BCUT2D eigenvalue weighted by atomic mass is 10.1. The lowest BCUT2D eigenvalue weighted by molar-refractivity contribution is -0.136. The second-order valence-electron chi connectivity index (χ2n) is 4.43. The second kappa shape index (κ2) is 7.16. The maximum Gasteiger partial charge on any atom is 0.313 e. The molecule has 1 unspecified atom stereocenters. The zero-order valence-electron chi connectivity index (χ0n) is 11.0. The molecule has 5 nitrogen and oxygen atoms in total. The van der Waals surface area contributed by atoms with Crippen molar-refractivity contribution < 1.29 is 14.7 Å². The van der Waals surface area contributed by atoms with Crippen LogP contribution in [0.1, 0.15) is 6.92 Å². The molecule has 1 aromatic carbocycles. The molecule has 0 aliphatic rings. The molecule has 0 saturated heterocycles. The van der Waals surface area contributed by atoms with Gasteiger partial charge in [-0.25, -0.2) is 0 Å². The summed E-state index contributed by atoms with van der Waals surface area (Å²) in [6, 6.07) is 8.72. The number of rotatable bonds is 5. The molecule has 1 rings (SSSR count). The molecule has 0 saturated carbocycles. The third-order valence-electron chi connectivity index (χ3n) is 2.32. The van der Waals surface area contributed by atoms with E-state index in [0.29, 0.717) is 11.4 Å². The zero-order chi connectivity index (χ0) is 14.3. The zero-order valence-corrected chi connectivity index (χ0v) is 11.8. The molecule has 0 radical (unpaired) electrons. The van der Waals surface area contributed by atoms with Crippen molar-refractivity contribution >= 4 is 29.3 Å².